The molecule has 0 radical (unpaired) electrons. The summed E-state index contributed by atoms with van der Waals surface area (Å²) < 4.78 is 8.85. The van der Waals surface area contributed by atoms with Gasteiger partial charge in [0.25, 0.3) is 0 Å². The molecule has 9 aromatic carbocycles. The van der Waals surface area contributed by atoms with Crippen LogP contribution in [0.25, 0.3) is 87.8 Å². The fourth-order valence-corrected chi connectivity index (χ4v) is 8.73. The fourth-order valence-electron chi connectivity index (χ4n) is 8.73. The molecule has 2 aromatic heterocycles. The van der Waals surface area contributed by atoms with Crippen LogP contribution < -0.4 is 0 Å². The van der Waals surface area contributed by atoms with Gasteiger partial charge in [-0.1, -0.05) is 140 Å². The van der Waals surface area contributed by atoms with Crippen molar-refractivity contribution in [3.63, 3.8) is 0 Å². The number of aliphatic imine (C=N–C) groups is 1. The zero-order chi connectivity index (χ0) is 38.0. The third kappa shape index (κ3) is 5.39. The molecular weight excluding hydrogens is 693 g/mol. The second kappa shape index (κ2) is 13.1. The number of aromatic nitrogens is 1. The summed E-state index contributed by atoms with van der Waals surface area (Å²) in [6.45, 7) is 6.77. The summed E-state index contributed by atoms with van der Waals surface area (Å²) in [5, 5.41) is 9.39. The number of para-hydroxylation sites is 2. The third-order valence-electron chi connectivity index (χ3n) is 11.5. The maximum Gasteiger partial charge on any atom is 0.136 e. The first kappa shape index (κ1) is 32.9. The van der Waals surface area contributed by atoms with Crippen molar-refractivity contribution >= 4 is 76.7 Å². The largest absolute Gasteiger partial charge is 0.456 e. The van der Waals surface area contributed by atoms with E-state index >= 15 is 0 Å². The second-order valence-electron chi connectivity index (χ2n) is 14.9. The Morgan fingerprint density at radius 2 is 1.18 bits per heavy atom. The highest BCUT2D eigenvalue weighted by molar-refractivity contribution is 6.19. The predicted molar refractivity (Wildman–Crippen MR) is 241 cm³/mol. The van der Waals surface area contributed by atoms with E-state index in [1.807, 2.05) is 12.1 Å². The maximum absolute atomic E-state index is 6.50. The highest BCUT2D eigenvalue weighted by Gasteiger charge is 2.18. The summed E-state index contributed by atoms with van der Waals surface area (Å²) in [6.07, 6.45) is 0. The van der Waals surface area contributed by atoms with Crippen molar-refractivity contribution in [3.8, 4) is 16.8 Å². The Morgan fingerprint density at radius 3 is 2.05 bits per heavy atom. The quantitative estimate of drug-likeness (QED) is 0.124. The minimum Gasteiger partial charge on any atom is -0.456 e. The molecule has 0 spiro atoms. The molecular formula is C54H36N2O. The van der Waals surface area contributed by atoms with Crippen LogP contribution >= 0.6 is 0 Å². The Morgan fingerprint density at radius 1 is 0.491 bits per heavy atom. The molecule has 0 bridgehead atoms. The SMILES string of the molecule is C=C(/N=C(/c1ccc2c(ccc3ccccc32)c1)c1ccccc1C)c1cccc2oc3ccc(-c4ccc5c(c4)c4ccccc4n5-c4ccccc4)cc3c12. The van der Waals surface area contributed by atoms with E-state index in [0.29, 0.717) is 5.70 Å². The first-order valence-electron chi connectivity index (χ1n) is 19.4. The van der Waals surface area contributed by atoms with Crippen molar-refractivity contribution in [1.82, 2.24) is 4.57 Å². The Bertz CT molecular complexity index is 3440. The van der Waals surface area contributed by atoms with E-state index in [1.54, 1.807) is 0 Å². The molecule has 268 valence electrons. The van der Waals surface area contributed by atoms with Crippen LogP contribution in [0.5, 0.6) is 0 Å². The molecule has 0 aliphatic rings. The van der Waals surface area contributed by atoms with E-state index < -0.39 is 0 Å². The van der Waals surface area contributed by atoms with Gasteiger partial charge in [0, 0.05) is 43.9 Å². The number of nitrogens with zero attached hydrogens (tertiary/aromatic N) is 2. The van der Waals surface area contributed by atoms with Crippen LogP contribution in [0.1, 0.15) is 22.3 Å². The lowest BCUT2D eigenvalue weighted by Crippen LogP contribution is -2.06. The van der Waals surface area contributed by atoms with Crippen LogP contribution in [-0.4, -0.2) is 10.3 Å². The lowest BCUT2D eigenvalue weighted by Gasteiger charge is -2.14. The summed E-state index contributed by atoms with van der Waals surface area (Å²) >= 11 is 0. The van der Waals surface area contributed by atoms with Crippen LogP contribution in [0.4, 0.5) is 0 Å². The zero-order valence-electron chi connectivity index (χ0n) is 31.4. The molecule has 11 rings (SSSR count). The molecule has 0 fully saturated rings. The van der Waals surface area contributed by atoms with Crippen molar-refractivity contribution in [1.29, 1.82) is 0 Å². The molecule has 0 saturated heterocycles. The van der Waals surface area contributed by atoms with Crippen molar-refractivity contribution in [2.24, 2.45) is 4.99 Å². The van der Waals surface area contributed by atoms with Crippen molar-refractivity contribution in [3.05, 3.63) is 217 Å². The molecule has 0 unspecified atom stereocenters. The lowest BCUT2D eigenvalue weighted by molar-refractivity contribution is 0.669. The molecule has 57 heavy (non-hydrogen) atoms. The van der Waals surface area contributed by atoms with Crippen LogP contribution in [0.3, 0.4) is 0 Å². The van der Waals surface area contributed by atoms with E-state index in [1.165, 1.54) is 43.4 Å². The average Bonchev–Trinajstić information content (AvgIpc) is 3.81. The maximum atomic E-state index is 6.50. The summed E-state index contributed by atoms with van der Waals surface area (Å²) in [4.78, 5) is 5.40. The number of rotatable bonds is 6. The molecule has 0 atom stereocenters. The van der Waals surface area contributed by atoms with E-state index in [2.05, 4.69) is 194 Å². The Kier molecular flexibility index (Phi) is 7.55. The van der Waals surface area contributed by atoms with E-state index in [4.69, 9.17) is 9.41 Å². The molecule has 0 saturated carbocycles. The number of furan rings is 1. The van der Waals surface area contributed by atoms with E-state index in [-0.39, 0.29) is 0 Å². The average molecular weight is 729 g/mol. The van der Waals surface area contributed by atoms with Gasteiger partial charge in [-0.3, -0.25) is 0 Å². The molecule has 2 heterocycles. The van der Waals surface area contributed by atoms with Crippen LogP contribution in [0.15, 0.2) is 204 Å². The Hall–Kier alpha value is -7.49. The Balaban J connectivity index is 1.05. The molecule has 0 aliphatic carbocycles. The highest BCUT2D eigenvalue weighted by atomic mass is 16.3. The number of aryl methyl sites for hydroxylation is 1. The third-order valence-corrected chi connectivity index (χ3v) is 11.5. The van der Waals surface area contributed by atoms with Crippen molar-refractivity contribution < 1.29 is 4.42 Å². The van der Waals surface area contributed by atoms with Gasteiger partial charge in [0.1, 0.15) is 11.2 Å². The minimum atomic E-state index is 0.681. The molecule has 3 nitrogen and oxygen atoms in total. The topological polar surface area (TPSA) is 30.4 Å². The summed E-state index contributed by atoms with van der Waals surface area (Å²) in [7, 11) is 0. The number of hydrogen-bond donors (Lipinski definition) is 0. The summed E-state index contributed by atoms with van der Waals surface area (Å²) in [6, 6.07) is 66.8. The van der Waals surface area contributed by atoms with E-state index in [9.17, 15) is 0 Å². The van der Waals surface area contributed by atoms with E-state index in [0.717, 1.165) is 66.7 Å². The van der Waals surface area contributed by atoms with Gasteiger partial charge < -0.3 is 8.98 Å². The molecule has 0 amide bonds. The zero-order valence-corrected chi connectivity index (χ0v) is 31.4. The van der Waals surface area contributed by atoms with Crippen LogP contribution in [-0.2, 0) is 0 Å². The molecule has 0 N–H and O–H groups in total. The van der Waals surface area contributed by atoms with Crippen molar-refractivity contribution in [2.45, 2.75) is 6.92 Å². The van der Waals surface area contributed by atoms with Gasteiger partial charge in [-0.2, -0.15) is 0 Å². The summed E-state index contributed by atoms with van der Waals surface area (Å²) in [5.74, 6) is 0. The first-order valence-corrected chi connectivity index (χ1v) is 19.4. The highest BCUT2D eigenvalue weighted by Crippen LogP contribution is 2.39. The standard InChI is InChI=1S/C54H36N2O/c1-34-13-6-8-17-42(34)54(40-25-28-45-39(31-40)24-23-36-14-7-9-18-44(36)45)55-35(2)43-20-12-22-52-53(43)48-33-38(27-30-51(48)57-52)37-26-29-50-47(32-37)46-19-10-11-21-49(46)56(50)41-15-4-3-5-16-41/h3-33H,2H2,1H3/b55-54-. The number of benzene rings is 9. The van der Waals surface area contributed by atoms with Crippen LogP contribution in [0.2, 0.25) is 0 Å². The minimum absolute atomic E-state index is 0.681. The molecule has 0 aliphatic heterocycles. The van der Waals surface area contributed by atoms with Gasteiger partial charge >= 0.3 is 0 Å². The Labute approximate surface area is 330 Å². The molecule has 3 heteroatoms. The summed E-state index contributed by atoms with van der Waals surface area (Å²) in [5.41, 5.74) is 13.2. The normalized spacial score (nSPS) is 12.1. The van der Waals surface area contributed by atoms with Gasteiger partial charge in [-0.15, -0.1) is 0 Å². The number of fused-ring (bicyclic) bond motifs is 9. The van der Waals surface area contributed by atoms with Gasteiger partial charge in [0.15, 0.2) is 0 Å². The monoisotopic (exact) mass is 728 g/mol. The fraction of sp³-hybridized carbons (Fsp3) is 0.0185. The van der Waals surface area contributed by atoms with Crippen LogP contribution in [0, 0.1) is 6.92 Å². The predicted octanol–water partition coefficient (Wildman–Crippen LogP) is 14.5. The van der Waals surface area contributed by atoms with Gasteiger partial charge in [-0.25, -0.2) is 4.99 Å². The first-order chi connectivity index (χ1) is 28.1. The lowest BCUT2D eigenvalue weighted by atomic mass is 9.94. The smallest absolute Gasteiger partial charge is 0.136 e. The second-order valence-corrected chi connectivity index (χ2v) is 14.9. The molecule has 11 aromatic rings. The van der Waals surface area contributed by atoms with Gasteiger partial charge in [0.2, 0.25) is 0 Å². The van der Waals surface area contributed by atoms with Gasteiger partial charge in [-0.05, 0) is 99.8 Å². The number of hydrogen-bond acceptors (Lipinski definition) is 2. The van der Waals surface area contributed by atoms with Crippen molar-refractivity contribution in [2.75, 3.05) is 0 Å². The van der Waals surface area contributed by atoms with Gasteiger partial charge in [0.05, 0.1) is 22.4 Å².